The molecule has 0 saturated heterocycles. The Hall–Kier alpha value is -2.15. The second-order valence-corrected chi connectivity index (χ2v) is 5.14. The number of rotatable bonds is 6. The summed E-state index contributed by atoms with van der Waals surface area (Å²) in [5.41, 5.74) is 0.145. The Bertz CT molecular complexity index is 546. The predicted octanol–water partition coefficient (Wildman–Crippen LogP) is 2.52. The van der Waals surface area contributed by atoms with Crippen LogP contribution in [0.15, 0.2) is 18.2 Å². The largest absolute Gasteiger partial charge is 0.478 e. The van der Waals surface area contributed by atoms with Crippen molar-refractivity contribution in [1.29, 1.82) is 0 Å². The van der Waals surface area contributed by atoms with Gasteiger partial charge in [-0.25, -0.2) is 4.79 Å². The number of nitro benzene ring substituents is 1. The molecule has 7 nitrogen and oxygen atoms in total. The highest BCUT2D eigenvalue weighted by atomic mass is 16.6. The molecule has 1 aliphatic carbocycles. The molecule has 0 bridgehead atoms. The van der Waals surface area contributed by atoms with Gasteiger partial charge in [-0.2, -0.15) is 0 Å². The van der Waals surface area contributed by atoms with E-state index in [0.29, 0.717) is 6.54 Å². The maximum absolute atomic E-state index is 11.0. The molecule has 7 heteroatoms. The number of hydrogen-bond donors (Lipinski definition) is 2. The zero-order valence-electron chi connectivity index (χ0n) is 11.7. The van der Waals surface area contributed by atoms with E-state index in [1.54, 1.807) is 7.11 Å². The molecular formula is C14H18N2O5. The third kappa shape index (κ3) is 3.49. The number of hydrogen-bond acceptors (Lipinski definition) is 5. The predicted molar refractivity (Wildman–Crippen MR) is 76.7 cm³/mol. The lowest BCUT2D eigenvalue weighted by Gasteiger charge is -2.19. The number of carbonyl (C=O) groups is 1. The van der Waals surface area contributed by atoms with Crippen molar-refractivity contribution in [2.75, 3.05) is 19.0 Å². The van der Waals surface area contributed by atoms with Crippen molar-refractivity contribution in [3.8, 4) is 0 Å². The van der Waals surface area contributed by atoms with E-state index in [1.165, 1.54) is 18.2 Å². The minimum absolute atomic E-state index is 0.0258. The van der Waals surface area contributed by atoms with E-state index in [-0.39, 0.29) is 29.0 Å². The second-order valence-electron chi connectivity index (χ2n) is 5.14. The first-order chi connectivity index (χ1) is 10.0. The van der Waals surface area contributed by atoms with Gasteiger partial charge in [0, 0.05) is 25.6 Å². The fraction of sp³-hybridized carbons (Fsp3) is 0.500. The molecule has 1 aromatic rings. The number of nitrogens with one attached hydrogen (secondary N) is 1. The van der Waals surface area contributed by atoms with Gasteiger partial charge in [0.2, 0.25) is 0 Å². The molecule has 0 amide bonds. The van der Waals surface area contributed by atoms with Gasteiger partial charge in [0.05, 0.1) is 16.6 Å². The first-order valence-corrected chi connectivity index (χ1v) is 6.81. The van der Waals surface area contributed by atoms with Gasteiger partial charge >= 0.3 is 5.97 Å². The molecule has 2 atom stereocenters. The average molecular weight is 294 g/mol. The smallest absolute Gasteiger partial charge is 0.335 e. The zero-order valence-corrected chi connectivity index (χ0v) is 11.7. The number of nitro groups is 1. The van der Waals surface area contributed by atoms with Crippen molar-refractivity contribution >= 4 is 17.3 Å². The summed E-state index contributed by atoms with van der Waals surface area (Å²) in [7, 11) is 1.66. The average Bonchev–Trinajstić information content (AvgIpc) is 2.91. The van der Waals surface area contributed by atoms with E-state index in [2.05, 4.69) is 5.32 Å². The third-order valence-electron chi connectivity index (χ3n) is 3.89. The summed E-state index contributed by atoms with van der Waals surface area (Å²) in [6.07, 6.45) is 3.21. The Morgan fingerprint density at radius 3 is 2.90 bits per heavy atom. The van der Waals surface area contributed by atoms with Gasteiger partial charge in [-0.05, 0) is 25.0 Å². The van der Waals surface area contributed by atoms with Crippen molar-refractivity contribution in [1.82, 2.24) is 0 Å². The molecule has 0 aromatic heterocycles. The molecule has 2 N–H and O–H groups in total. The number of methoxy groups -OCH3 is 1. The highest BCUT2D eigenvalue weighted by Gasteiger charge is 2.27. The van der Waals surface area contributed by atoms with Gasteiger partial charge in [-0.15, -0.1) is 0 Å². The summed E-state index contributed by atoms with van der Waals surface area (Å²) in [4.78, 5) is 21.5. The monoisotopic (exact) mass is 294 g/mol. The number of anilines is 1. The Kier molecular flexibility index (Phi) is 4.74. The van der Waals surface area contributed by atoms with E-state index in [9.17, 15) is 14.9 Å². The van der Waals surface area contributed by atoms with Crippen LogP contribution in [0.5, 0.6) is 0 Å². The summed E-state index contributed by atoms with van der Waals surface area (Å²) < 4.78 is 5.38. The number of nitrogens with zero attached hydrogens (tertiary/aromatic N) is 1. The van der Waals surface area contributed by atoms with Gasteiger partial charge in [-0.3, -0.25) is 10.1 Å². The van der Waals surface area contributed by atoms with E-state index in [4.69, 9.17) is 9.84 Å². The summed E-state index contributed by atoms with van der Waals surface area (Å²) in [6.45, 7) is 0.530. The molecular weight excluding hydrogens is 276 g/mol. The standard InChI is InChI=1S/C14H18N2O5/c1-21-13-4-2-3-10(13)8-15-11-7-9(14(17)18)5-6-12(11)16(19)20/h5-7,10,13,15H,2-4,8H2,1H3,(H,17,18). The van der Waals surface area contributed by atoms with Crippen LogP contribution < -0.4 is 5.32 Å². The molecule has 114 valence electrons. The Morgan fingerprint density at radius 2 is 2.29 bits per heavy atom. The summed E-state index contributed by atoms with van der Waals surface area (Å²) in [5.74, 6) is -0.827. The van der Waals surface area contributed by atoms with Crippen molar-refractivity contribution in [2.24, 2.45) is 5.92 Å². The molecule has 0 radical (unpaired) electrons. The van der Waals surface area contributed by atoms with E-state index in [0.717, 1.165) is 19.3 Å². The SMILES string of the molecule is COC1CCCC1CNc1cc(C(=O)O)ccc1[N+](=O)[O-]. The third-order valence-corrected chi connectivity index (χ3v) is 3.89. The minimum Gasteiger partial charge on any atom is -0.478 e. The van der Waals surface area contributed by atoms with Crippen molar-refractivity contribution in [3.05, 3.63) is 33.9 Å². The highest BCUT2D eigenvalue weighted by Crippen LogP contribution is 2.30. The molecule has 1 saturated carbocycles. The zero-order chi connectivity index (χ0) is 15.4. The molecule has 1 aromatic carbocycles. The van der Waals surface area contributed by atoms with Gasteiger partial charge in [0.1, 0.15) is 5.69 Å². The maximum Gasteiger partial charge on any atom is 0.335 e. The lowest BCUT2D eigenvalue weighted by molar-refractivity contribution is -0.384. The van der Waals surface area contributed by atoms with Crippen molar-refractivity contribution < 1.29 is 19.6 Å². The Morgan fingerprint density at radius 1 is 1.52 bits per heavy atom. The normalized spacial score (nSPS) is 21.2. The van der Waals surface area contributed by atoms with Crippen LogP contribution in [0.3, 0.4) is 0 Å². The molecule has 2 unspecified atom stereocenters. The van der Waals surface area contributed by atoms with Gasteiger partial charge in [-0.1, -0.05) is 6.42 Å². The number of ether oxygens (including phenoxy) is 1. The van der Waals surface area contributed by atoms with E-state index >= 15 is 0 Å². The topological polar surface area (TPSA) is 102 Å². The Balaban J connectivity index is 2.15. The molecule has 21 heavy (non-hydrogen) atoms. The maximum atomic E-state index is 11.0. The quantitative estimate of drug-likeness (QED) is 0.617. The van der Waals surface area contributed by atoms with Crippen LogP contribution in [0, 0.1) is 16.0 Å². The van der Waals surface area contributed by atoms with Crippen molar-refractivity contribution in [2.45, 2.75) is 25.4 Å². The molecule has 0 heterocycles. The van der Waals surface area contributed by atoms with Crippen LogP contribution in [0.25, 0.3) is 0 Å². The fourth-order valence-corrected chi connectivity index (χ4v) is 2.76. The van der Waals surface area contributed by atoms with E-state index < -0.39 is 10.9 Å². The molecule has 1 fully saturated rings. The Labute approximate surface area is 122 Å². The van der Waals surface area contributed by atoms with Crippen molar-refractivity contribution in [3.63, 3.8) is 0 Å². The van der Waals surface area contributed by atoms with Crippen LogP contribution in [-0.4, -0.2) is 35.8 Å². The van der Waals surface area contributed by atoms with Gasteiger partial charge in [0.15, 0.2) is 0 Å². The summed E-state index contributed by atoms with van der Waals surface area (Å²) in [6, 6.07) is 3.75. The first-order valence-electron chi connectivity index (χ1n) is 6.81. The number of benzene rings is 1. The van der Waals surface area contributed by atoms with Gasteiger partial charge < -0.3 is 15.2 Å². The lowest BCUT2D eigenvalue weighted by atomic mass is 10.1. The highest BCUT2D eigenvalue weighted by molar-refractivity contribution is 5.90. The summed E-state index contributed by atoms with van der Waals surface area (Å²) in [5, 5.41) is 23.0. The van der Waals surface area contributed by atoms with Crippen LogP contribution in [0.1, 0.15) is 29.6 Å². The molecule has 1 aliphatic rings. The number of carboxylic acids is 1. The second kappa shape index (κ2) is 6.53. The van der Waals surface area contributed by atoms with Crippen LogP contribution >= 0.6 is 0 Å². The first kappa shape index (κ1) is 15.2. The molecule has 0 spiro atoms. The molecule has 0 aliphatic heterocycles. The minimum atomic E-state index is -1.11. The number of aromatic carboxylic acids is 1. The molecule has 2 rings (SSSR count). The van der Waals surface area contributed by atoms with E-state index in [1.807, 2.05) is 0 Å². The summed E-state index contributed by atoms with van der Waals surface area (Å²) >= 11 is 0. The van der Waals surface area contributed by atoms with Crippen LogP contribution in [-0.2, 0) is 4.74 Å². The lowest BCUT2D eigenvalue weighted by Crippen LogP contribution is -2.24. The van der Waals surface area contributed by atoms with Crippen LogP contribution in [0.2, 0.25) is 0 Å². The fourth-order valence-electron chi connectivity index (χ4n) is 2.76. The van der Waals surface area contributed by atoms with Gasteiger partial charge in [0.25, 0.3) is 5.69 Å². The number of carboxylic acid groups (broad SMARTS) is 1. The van der Waals surface area contributed by atoms with Crippen LogP contribution in [0.4, 0.5) is 11.4 Å².